The average molecular weight is 548 g/mol. The summed E-state index contributed by atoms with van der Waals surface area (Å²) in [5.41, 5.74) is 0.352. The molecule has 3 aromatic carbocycles. The minimum atomic E-state index is -1.33. The number of aryl methyl sites for hydroxylation is 1. The molecular formula is C31H33NO6S. The van der Waals surface area contributed by atoms with Gasteiger partial charge in [-0.1, -0.05) is 42.5 Å². The number of carboxylic acids is 1. The highest BCUT2D eigenvalue weighted by molar-refractivity contribution is 7.98. The van der Waals surface area contributed by atoms with Crippen LogP contribution in [0, 0.1) is 11.8 Å². The van der Waals surface area contributed by atoms with Crippen molar-refractivity contribution in [2.24, 2.45) is 11.8 Å². The predicted octanol–water partition coefficient (Wildman–Crippen LogP) is 6.21. The molecule has 4 rings (SSSR count). The first kappa shape index (κ1) is 28.2. The first-order valence-corrected chi connectivity index (χ1v) is 14.1. The summed E-state index contributed by atoms with van der Waals surface area (Å²) in [7, 11) is 0. The van der Waals surface area contributed by atoms with Gasteiger partial charge in [0.2, 0.25) is 0 Å². The Morgan fingerprint density at radius 3 is 2.21 bits per heavy atom. The predicted molar refractivity (Wildman–Crippen MR) is 151 cm³/mol. The lowest BCUT2D eigenvalue weighted by molar-refractivity contribution is -0.152. The number of amides is 1. The number of ketones is 1. The molecule has 39 heavy (non-hydrogen) atoms. The fourth-order valence-electron chi connectivity index (χ4n) is 4.65. The van der Waals surface area contributed by atoms with Gasteiger partial charge < -0.3 is 19.5 Å². The molecule has 2 atom stereocenters. The van der Waals surface area contributed by atoms with E-state index in [1.54, 1.807) is 53.1 Å². The van der Waals surface area contributed by atoms with Crippen molar-refractivity contribution in [3.8, 4) is 11.5 Å². The van der Waals surface area contributed by atoms with Gasteiger partial charge in [0.1, 0.15) is 11.5 Å². The van der Waals surface area contributed by atoms with Gasteiger partial charge in [-0.25, -0.2) is 9.59 Å². The number of hydrogen-bond acceptors (Lipinski definition) is 6. The van der Waals surface area contributed by atoms with Crippen LogP contribution in [0.5, 0.6) is 11.5 Å². The smallest absolute Gasteiger partial charge is 0.415 e. The van der Waals surface area contributed by atoms with E-state index in [1.165, 1.54) is 13.8 Å². The van der Waals surface area contributed by atoms with E-state index in [-0.39, 0.29) is 17.6 Å². The Kier molecular flexibility index (Phi) is 8.97. The second-order valence-corrected chi connectivity index (χ2v) is 11.0. The van der Waals surface area contributed by atoms with E-state index < -0.39 is 17.7 Å². The molecule has 1 aliphatic rings. The third-order valence-corrected chi connectivity index (χ3v) is 7.72. The quantitative estimate of drug-likeness (QED) is 0.238. The van der Waals surface area contributed by atoms with Crippen LogP contribution < -0.4 is 9.47 Å². The summed E-state index contributed by atoms with van der Waals surface area (Å²) in [5.74, 6) is -0.446. The van der Waals surface area contributed by atoms with Crippen molar-refractivity contribution in [1.82, 2.24) is 4.90 Å². The van der Waals surface area contributed by atoms with E-state index in [9.17, 15) is 19.5 Å². The van der Waals surface area contributed by atoms with Crippen LogP contribution in [0.25, 0.3) is 0 Å². The summed E-state index contributed by atoms with van der Waals surface area (Å²) >= 11 is 1.62. The number of nitrogens with zero attached hydrogens (tertiary/aromatic N) is 1. The van der Waals surface area contributed by atoms with Crippen LogP contribution in [0.4, 0.5) is 4.79 Å². The zero-order chi connectivity index (χ0) is 28.0. The zero-order valence-electron chi connectivity index (χ0n) is 22.3. The second kappa shape index (κ2) is 12.4. The Morgan fingerprint density at radius 2 is 1.59 bits per heavy atom. The lowest BCUT2D eigenvalue weighted by Gasteiger charge is -2.21. The Labute approximate surface area is 233 Å². The Bertz CT molecular complexity index is 1290. The number of aliphatic carboxylic acids is 1. The molecule has 1 saturated heterocycles. The third kappa shape index (κ3) is 7.20. The lowest BCUT2D eigenvalue weighted by atomic mass is 9.85. The maximum atomic E-state index is 13.6. The summed E-state index contributed by atoms with van der Waals surface area (Å²) < 4.78 is 11.2. The monoisotopic (exact) mass is 547 g/mol. The fraction of sp³-hybridized carbons (Fsp3) is 0.323. The summed E-state index contributed by atoms with van der Waals surface area (Å²) in [6, 6.07) is 23.8. The van der Waals surface area contributed by atoms with Crippen molar-refractivity contribution in [3.63, 3.8) is 0 Å². The van der Waals surface area contributed by atoms with Gasteiger partial charge in [0.15, 0.2) is 11.4 Å². The maximum absolute atomic E-state index is 13.6. The standard InChI is InChI=1S/C31H33NO6S/c1-31(2,29(34)35)38-25-15-10-21(11-16-25)9-12-23-19-32(30(36)37-24-7-5-4-6-8-24)20-27(23)28(33)22-13-17-26(39-3)18-14-22/h4-8,10-11,13-18,23,27H,9,12,19-20H2,1-3H3,(H,34,35)/t23-,27-/m1/s1. The number of carbonyl (C=O) groups excluding carboxylic acids is 2. The van der Waals surface area contributed by atoms with Crippen molar-refractivity contribution in [3.05, 3.63) is 90.0 Å². The molecule has 0 spiro atoms. The molecule has 0 unspecified atom stereocenters. The number of hydrogen-bond donors (Lipinski definition) is 1. The molecule has 0 radical (unpaired) electrons. The zero-order valence-corrected chi connectivity index (χ0v) is 23.1. The molecule has 204 valence electrons. The Balaban J connectivity index is 1.46. The molecule has 7 nitrogen and oxygen atoms in total. The number of ether oxygens (including phenoxy) is 2. The van der Waals surface area contributed by atoms with Crippen LogP contribution in [0.3, 0.4) is 0 Å². The molecule has 1 aliphatic heterocycles. The largest absolute Gasteiger partial charge is 0.478 e. The van der Waals surface area contributed by atoms with Crippen LogP contribution in [0.2, 0.25) is 0 Å². The number of Topliss-reactive ketones (excluding diaryl/α,β-unsaturated/α-hetero) is 1. The van der Waals surface area contributed by atoms with Gasteiger partial charge in [-0.05, 0) is 80.8 Å². The minimum absolute atomic E-state index is 0.0299. The van der Waals surface area contributed by atoms with E-state index in [4.69, 9.17) is 9.47 Å². The number of carbonyl (C=O) groups is 3. The van der Waals surface area contributed by atoms with Crippen LogP contribution >= 0.6 is 11.8 Å². The topological polar surface area (TPSA) is 93.1 Å². The number of para-hydroxylation sites is 1. The van der Waals surface area contributed by atoms with Gasteiger partial charge in [-0.2, -0.15) is 0 Å². The summed E-state index contributed by atoms with van der Waals surface area (Å²) in [6.07, 6.45) is 2.94. The fourth-order valence-corrected chi connectivity index (χ4v) is 5.06. The molecule has 8 heteroatoms. The number of benzene rings is 3. The number of carboxylic acid groups (broad SMARTS) is 1. The minimum Gasteiger partial charge on any atom is -0.478 e. The summed E-state index contributed by atoms with van der Waals surface area (Å²) in [6.45, 7) is 3.74. The number of rotatable bonds is 10. The van der Waals surface area contributed by atoms with E-state index >= 15 is 0 Å². The first-order chi connectivity index (χ1) is 18.7. The first-order valence-electron chi connectivity index (χ1n) is 12.9. The molecule has 0 aromatic heterocycles. The van der Waals surface area contributed by atoms with E-state index in [0.717, 1.165) is 10.5 Å². The van der Waals surface area contributed by atoms with Gasteiger partial charge in [-0.15, -0.1) is 11.8 Å². The van der Waals surface area contributed by atoms with Crippen molar-refractivity contribution in [1.29, 1.82) is 0 Å². The van der Waals surface area contributed by atoms with Gasteiger partial charge in [0.25, 0.3) is 0 Å². The molecule has 1 N–H and O–H groups in total. The van der Waals surface area contributed by atoms with Crippen LogP contribution in [-0.4, -0.2) is 52.8 Å². The van der Waals surface area contributed by atoms with Gasteiger partial charge in [0, 0.05) is 29.5 Å². The molecule has 0 aliphatic carbocycles. The highest BCUT2D eigenvalue weighted by Crippen LogP contribution is 2.32. The summed E-state index contributed by atoms with van der Waals surface area (Å²) in [4.78, 5) is 40.6. The molecular weight excluding hydrogens is 514 g/mol. The molecule has 1 heterocycles. The van der Waals surface area contributed by atoms with Crippen molar-refractivity contribution in [2.75, 3.05) is 19.3 Å². The van der Waals surface area contributed by atoms with Gasteiger partial charge in [0.05, 0.1) is 0 Å². The Hall–Kier alpha value is -3.78. The molecule has 0 bridgehead atoms. The maximum Gasteiger partial charge on any atom is 0.415 e. The molecule has 0 saturated carbocycles. The van der Waals surface area contributed by atoms with E-state index in [1.807, 2.05) is 48.7 Å². The molecule has 3 aromatic rings. The van der Waals surface area contributed by atoms with E-state index in [2.05, 4.69) is 0 Å². The summed E-state index contributed by atoms with van der Waals surface area (Å²) in [5, 5.41) is 9.29. The van der Waals surface area contributed by atoms with Crippen molar-refractivity contribution in [2.45, 2.75) is 37.2 Å². The molecule has 1 amide bonds. The third-order valence-electron chi connectivity index (χ3n) is 6.97. The van der Waals surface area contributed by atoms with Crippen molar-refractivity contribution < 1.29 is 29.0 Å². The highest BCUT2D eigenvalue weighted by Gasteiger charge is 2.40. The van der Waals surface area contributed by atoms with E-state index in [0.29, 0.717) is 43.0 Å². The number of likely N-dealkylation sites (tertiary alicyclic amines) is 1. The average Bonchev–Trinajstić information content (AvgIpc) is 3.37. The van der Waals surface area contributed by atoms with Gasteiger partial charge in [-0.3, -0.25) is 4.79 Å². The normalized spacial score (nSPS) is 17.1. The van der Waals surface area contributed by atoms with Crippen LogP contribution in [-0.2, 0) is 11.2 Å². The van der Waals surface area contributed by atoms with Crippen molar-refractivity contribution >= 4 is 29.6 Å². The SMILES string of the molecule is CSc1ccc(C(=O)[C@@H]2CN(C(=O)Oc3ccccc3)C[C@H]2CCc2ccc(OC(C)(C)C(=O)O)cc2)cc1. The Morgan fingerprint density at radius 1 is 0.923 bits per heavy atom. The van der Waals surface area contributed by atoms with Gasteiger partial charge >= 0.3 is 12.1 Å². The lowest BCUT2D eigenvalue weighted by Crippen LogP contribution is -2.37. The second-order valence-electron chi connectivity index (χ2n) is 10.1. The number of thioether (sulfide) groups is 1. The molecule has 1 fully saturated rings. The van der Waals surface area contributed by atoms with Crippen LogP contribution in [0.1, 0.15) is 36.2 Å². The van der Waals surface area contributed by atoms with Crippen LogP contribution in [0.15, 0.2) is 83.8 Å². The highest BCUT2D eigenvalue weighted by atomic mass is 32.2.